The maximum atomic E-state index is 11.5. The minimum Gasteiger partial charge on any atom is -0.356 e. The number of sulfone groups is 1. The Morgan fingerprint density at radius 2 is 2.08 bits per heavy atom. The first-order valence-corrected chi connectivity index (χ1v) is 10.8. The van der Waals surface area contributed by atoms with Crippen molar-refractivity contribution in [3.63, 3.8) is 0 Å². The number of hydrogen-bond acceptors (Lipinski definition) is 4. The van der Waals surface area contributed by atoms with Gasteiger partial charge in [-0.05, 0) is 38.8 Å². The Hall–Kier alpha value is -0.350. The normalized spacial score (nSPS) is 17.8. The van der Waals surface area contributed by atoms with Crippen LogP contribution in [-0.2, 0) is 16.3 Å². The second-order valence-electron chi connectivity index (χ2n) is 6.76. The van der Waals surface area contributed by atoms with E-state index in [1.807, 2.05) is 11.3 Å². The number of nitrogens with zero attached hydrogens (tertiary/aromatic N) is 1. The second kappa shape index (κ2) is 8.84. The molecule has 1 heterocycles. The monoisotopic (exact) mass is 485 g/mol. The molecule has 1 fully saturated rings. The SMILES string of the molecule is CN=C(NCC1(CS(C)(=O)=O)CC1)NC(C)Cc1ccc(C)s1.I. The van der Waals surface area contributed by atoms with E-state index in [1.54, 1.807) is 7.05 Å². The highest BCUT2D eigenvalue weighted by molar-refractivity contribution is 14.0. The highest BCUT2D eigenvalue weighted by Crippen LogP contribution is 2.45. The molecular weight excluding hydrogens is 457 g/mol. The Labute approximate surface area is 166 Å². The van der Waals surface area contributed by atoms with Crippen LogP contribution < -0.4 is 10.6 Å². The van der Waals surface area contributed by atoms with Gasteiger partial charge in [-0.1, -0.05) is 0 Å². The fourth-order valence-corrected chi connectivity index (χ4v) is 5.27. The van der Waals surface area contributed by atoms with Crippen molar-refractivity contribution in [2.75, 3.05) is 25.6 Å². The lowest BCUT2D eigenvalue weighted by molar-refractivity contribution is 0.525. The van der Waals surface area contributed by atoms with Crippen LogP contribution in [0.4, 0.5) is 0 Å². The Kier molecular flexibility index (Phi) is 7.99. The Balaban J connectivity index is 0.00000288. The number of hydrogen-bond donors (Lipinski definition) is 2. The fraction of sp³-hybridized carbons (Fsp3) is 0.688. The number of guanidine groups is 1. The van der Waals surface area contributed by atoms with E-state index in [4.69, 9.17) is 0 Å². The molecule has 8 heteroatoms. The lowest BCUT2D eigenvalue weighted by atomic mass is 10.1. The average molecular weight is 485 g/mol. The lowest BCUT2D eigenvalue weighted by Gasteiger charge is -2.20. The van der Waals surface area contributed by atoms with Crippen LogP contribution in [0.5, 0.6) is 0 Å². The van der Waals surface area contributed by atoms with E-state index < -0.39 is 9.84 Å². The minimum absolute atomic E-state index is 0. The molecule has 138 valence electrons. The van der Waals surface area contributed by atoms with Crippen molar-refractivity contribution in [1.29, 1.82) is 0 Å². The number of aryl methyl sites for hydroxylation is 1. The summed E-state index contributed by atoms with van der Waals surface area (Å²) in [5.41, 5.74) is -0.0979. The standard InChI is InChI=1S/C16H27N3O2S2.HI/c1-12(9-14-6-5-13(2)22-14)19-15(17-3)18-10-16(7-8-16)11-23(4,20)21;/h5-6,12H,7-11H2,1-4H3,(H2,17,18,19);1H. The van der Waals surface area contributed by atoms with Crippen LogP contribution in [0.1, 0.15) is 29.5 Å². The van der Waals surface area contributed by atoms with Crippen molar-refractivity contribution in [2.45, 2.75) is 39.2 Å². The second-order valence-corrected chi connectivity index (χ2v) is 10.3. The van der Waals surface area contributed by atoms with E-state index in [9.17, 15) is 8.42 Å². The fourth-order valence-electron chi connectivity index (χ4n) is 2.75. The van der Waals surface area contributed by atoms with Gasteiger partial charge in [0.15, 0.2) is 5.96 Å². The summed E-state index contributed by atoms with van der Waals surface area (Å²) < 4.78 is 23.0. The van der Waals surface area contributed by atoms with Crippen LogP contribution in [0.25, 0.3) is 0 Å². The van der Waals surface area contributed by atoms with Gasteiger partial charge in [0.2, 0.25) is 0 Å². The first-order valence-electron chi connectivity index (χ1n) is 7.92. The van der Waals surface area contributed by atoms with Gasteiger partial charge in [-0.25, -0.2) is 8.42 Å². The maximum Gasteiger partial charge on any atom is 0.191 e. The topological polar surface area (TPSA) is 70.6 Å². The van der Waals surface area contributed by atoms with Gasteiger partial charge in [-0.3, -0.25) is 4.99 Å². The predicted octanol–water partition coefficient (Wildman–Crippen LogP) is 2.60. The van der Waals surface area contributed by atoms with Crippen molar-refractivity contribution in [3.05, 3.63) is 21.9 Å². The number of rotatable bonds is 7. The van der Waals surface area contributed by atoms with Gasteiger partial charge in [0.05, 0.1) is 5.75 Å². The first-order chi connectivity index (χ1) is 10.7. The minimum atomic E-state index is -2.93. The van der Waals surface area contributed by atoms with Crippen LogP contribution in [-0.4, -0.2) is 46.0 Å². The summed E-state index contributed by atoms with van der Waals surface area (Å²) in [6, 6.07) is 4.57. The Morgan fingerprint density at radius 1 is 1.42 bits per heavy atom. The molecule has 1 aromatic rings. The highest BCUT2D eigenvalue weighted by Gasteiger charge is 2.45. The third-order valence-corrected chi connectivity index (χ3v) is 6.23. The van der Waals surface area contributed by atoms with Gasteiger partial charge in [0, 0.05) is 47.5 Å². The number of nitrogens with one attached hydrogen (secondary N) is 2. The number of aliphatic imine (C=N–C) groups is 1. The molecule has 0 radical (unpaired) electrons. The highest BCUT2D eigenvalue weighted by atomic mass is 127. The molecule has 0 bridgehead atoms. The molecule has 1 aromatic heterocycles. The Morgan fingerprint density at radius 3 is 2.54 bits per heavy atom. The zero-order valence-corrected chi connectivity index (χ0v) is 18.7. The zero-order valence-electron chi connectivity index (χ0n) is 14.8. The third-order valence-electron chi connectivity index (χ3n) is 4.07. The van der Waals surface area contributed by atoms with E-state index in [0.717, 1.165) is 25.2 Å². The van der Waals surface area contributed by atoms with Crippen molar-refractivity contribution >= 4 is 51.1 Å². The van der Waals surface area contributed by atoms with E-state index in [0.29, 0.717) is 6.54 Å². The van der Waals surface area contributed by atoms with Gasteiger partial charge in [-0.15, -0.1) is 35.3 Å². The summed E-state index contributed by atoms with van der Waals surface area (Å²) in [5.74, 6) is 0.999. The molecule has 0 aromatic carbocycles. The Bertz CT molecular complexity index is 667. The average Bonchev–Trinajstić information content (AvgIpc) is 3.06. The summed E-state index contributed by atoms with van der Waals surface area (Å²) in [7, 11) is -1.19. The number of thiophene rings is 1. The van der Waals surface area contributed by atoms with Crippen molar-refractivity contribution in [1.82, 2.24) is 10.6 Å². The predicted molar refractivity (Wildman–Crippen MR) is 114 cm³/mol. The summed E-state index contributed by atoms with van der Waals surface area (Å²) in [6.45, 7) is 4.90. The molecule has 0 saturated heterocycles. The third kappa shape index (κ3) is 7.26. The van der Waals surface area contributed by atoms with Crippen molar-refractivity contribution in [2.24, 2.45) is 10.4 Å². The van der Waals surface area contributed by atoms with E-state index in [2.05, 4.69) is 41.6 Å². The summed E-state index contributed by atoms with van der Waals surface area (Å²) in [5, 5.41) is 6.68. The molecular formula is C16H28IN3O2S2. The van der Waals surface area contributed by atoms with Crippen LogP contribution >= 0.6 is 35.3 Å². The van der Waals surface area contributed by atoms with Gasteiger partial charge in [0.25, 0.3) is 0 Å². The van der Waals surface area contributed by atoms with Gasteiger partial charge in [-0.2, -0.15) is 0 Å². The molecule has 24 heavy (non-hydrogen) atoms. The number of halogens is 1. The summed E-state index contributed by atoms with van der Waals surface area (Å²) in [6.07, 6.45) is 4.20. The molecule has 5 nitrogen and oxygen atoms in total. The molecule has 0 spiro atoms. The summed E-state index contributed by atoms with van der Waals surface area (Å²) >= 11 is 1.82. The molecule has 2 rings (SSSR count). The van der Waals surface area contributed by atoms with Crippen molar-refractivity contribution < 1.29 is 8.42 Å². The van der Waals surface area contributed by atoms with Gasteiger partial charge < -0.3 is 10.6 Å². The molecule has 1 aliphatic carbocycles. The zero-order chi connectivity index (χ0) is 17.1. The van der Waals surface area contributed by atoms with Gasteiger partial charge in [0.1, 0.15) is 9.84 Å². The maximum absolute atomic E-state index is 11.5. The molecule has 1 saturated carbocycles. The van der Waals surface area contributed by atoms with Crippen LogP contribution in [0, 0.1) is 12.3 Å². The van der Waals surface area contributed by atoms with Crippen LogP contribution in [0.3, 0.4) is 0 Å². The van der Waals surface area contributed by atoms with E-state index in [-0.39, 0.29) is 41.2 Å². The lowest BCUT2D eigenvalue weighted by Crippen LogP contribution is -2.45. The quantitative estimate of drug-likeness (QED) is 0.354. The molecule has 1 atom stereocenters. The van der Waals surface area contributed by atoms with Crippen LogP contribution in [0.2, 0.25) is 0 Å². The first kappa shape index (κ1) is 21.7. The molecule has 0 aliphatic heterocycles. The molecule has 1 aliphatic rings. The smallest absolute Gasteiger partial charge is 0.191 e. The molecule has 2 N–H and O–H groups in total. The van der Waals surface area contributed by atoms with Crippen LogP contribution in [0.15, 0.2) is 17.1 Å². The summed E-state index contributed by atoms with van der Waals surface area (Å²) in [4.78, 5) is 6.93. The largest absolute Gasteiger partial charge is 0.356 e. The van der Waals surface area contributed by atoms with E-state index in [1.165, 1.54) is 16.0 Å². The van der Waals surface area contributed by atoms with Crippen molar-refractivity contribution in [3.8, 4) is 0 Å². The molecule has 1 unspecified atom stereocenters. The van der Waals surface area contributed by atoms with Gasteiger partial charge >= 0.3 is 0 Å². The molecule has 0 amide bonds. The van der Waals surface area contributed by atoms with E-state index >= 15 is 0 Å².